The Bertz CT molecular complexity index is 488. The van der Waals surface area contributed by atoms with Crippen LogP contribution >= 0.6 is 0 Å². The van der Waals surface area contributed by atoms with Gasteiger partial charge in [0.05, 0.1) is 13.1 Å². The Balaban J connectivity index is 2.04. The molecule has 0 aromatic rings. The minimum atomic E-state index is -1.55. The summed E-state index contributed by atoms with van der Waals surface area (Å²) in [6.45, 7) is 6.80. The van der Waals surface area contributed by atoms with Crippen LogP contribution in [0.5, 0.6) is 0 Å². The number of likely N-dealkylation sites (tertiary alicyclic amines) is 1. The number of fused-ring (bicyclic) bond motifs is 1. The first kappa shape index (κ1) is 20.1. The number of hydrogen-bond acceptors (Lipinski definition) is 6. The lowest BCUT2D eigenvalue weighted by Gasteiger charge is -2.50. The Morgan fingerprint density at radius 3 is 2.60 bits per heavy atom. The third kappa shape index (κ3) is 4.49. The highest BCUT2D eigenvalue weighted by atomic mass is 16.7. The van der Waals surface area contributed by atoms with Crippen molar-refractivity contribution in [3.63, 3.8) is 0 Å². The molecule has 144 valence electrons. The molecule has 0 unspecified atom stereocenters. The van der Waals surface area contributed by atoms with Crippen molar-refractivity contribution in [2.24, 2.45) is 0 Å². The molecule has 0 bridgehead atoms. The summed E-state index contributed by atoms with van der Waals surface area (Å²) in [6, 6.07) is 0. The number of rotatable bonds is 6. The maximum atomic E-state index is 12.0. The highest BCUT2D eigenvalue weighted by molar-refractivity contribution is 5.76. The van der Waals surface area contributed by atoms with Crippen LogP contribution < -0.4 is 0 Å². The van der Waals surface area contributed by atoms with Crippen LogP contribution in [0.3, 0.4) is 0 Å². The van der Waals surface area contributed by atoms with Gasteiger partial charge in [0.1, 0.15) is 12.2 Å². The van der Waals surface area contributed by atoms with Gasteiger partial charge in [-0.25, -0.2) is 0 Å². The van der Waals surface area contributed by atoms with Crippen LogP contribution in [0, 0.1) is 0 Å². The predicted octanol–water partition coefficient (Wildman–Crippen LogP) is 0.0683. The first-order valence-corrected chi connectivity index (χ1v) is 9.13. The standard InChI is InChI=1S/C17H30N2O6/c1-4-8-18(14(20)5-2)10-12-16(22)24-13-11-19(15(21)6-3)9-7-17(13,23)25-12/h12-13,16,22-23H,4-11H2,1-3H3/t12-,13-,16-,17-/m0/s1. The van der Waals surface area contributed by atoms with Crippen LogP contribution in [0.2, 0.25) is 0 Å². The molecule has 2 amide bonds. The van der Waals surface area contributed by atoms with E-state index in [9.17, 15) is 19.8 Å². The molecular weight excluding hydrogens is 328 g/mol. The Kier molecular flexibility index (Phi) is 6.79. The van der Waals surface area contributed by atoms with Crippen LogP contribution in [0.4, 0.5) is 0 Å². The zero-order valence-corrected chi connectivity index (χ0v) is 15.3. The Morgan fingerprint density at radius 2 is 2.00 bits per heavy atom. The van der Waals surface area contributed by atoms with Gasteiger partial charge in [0, 0.05) is 32.4 Å². The van der Waals surface area contributed by atoms with E-state index in [1.54, 1.807) is 23.6 Å². The highest BCUT2D eigenvalue weighted by Gasteiger charge is 2.52. The number of ether oxygens (including phenoxy) is 2. The van der Waals surface area contributed by atoms with Gasteiger partial charge in [0.2, 0.25) is 11.8 Å². The smallest absolute Gasteiger partial charge is 0.222 e. The van der Waals surface area contributed by atoms with Gasteiger partial charge in [-0.3, -0.25) is 9.59 Å². The second-order valence-electron chi connectivity index (χ2n) is 6.65. The first-order chi connectivity index (χ1) is 11.8. The van der Waals surface area contributed by atoms with Gasteiger partial charge in [-0.15, -0.1) is 0 Å². The Morgan fingerprint density at radius 1 is 1.28 bits per heavy atom. The molecule has 8 heteroatoms. The molecule has 2 N–H and O–H groups in total. The van der Waals surface area contributed by atoms with Gasteiger partial charge >= 0.3 is 0 Å². The summed E-state index contributed by atoms with van der Waals surface area (Å²) >= 11 is 0. The molecule has 2 rings (SSSR count). The van der Waals surface area contributed by atoms with E-state index in [1.807, 2.05) is 6.92 Å². The van der Waals surface area contributed by atoms with Gasteiger partial charge in [-0.05, 0) is 6.42 Å². The normalized spacial score (nSPS) is 32.2. The number of aliphatic hydroxyl groups is 2. The van der Waals surface area contributed by atoms with Crippen molar-refractivity contribution in [2.75, 3.05) is 26.2 Å². The summed E-state index contributed by atoms with van der Waals surface area (Å²) in [4.78, 5) is 27.1. The molecule has 2 aliphatic rings. The summed E-state index contributed by atoms with van der Waals surface area (Å²) in [5, 5.41) is 21.1. The van der Waals surface area contributed by atoms with Gasteiger partial charge in [-0.2, -0.15) is 0 Å². The molecule has 0 aromatic heterocycles. The van der Waals surface area contributed by atoms with Gasteiger partial charge in [0.25, 0.3) is 0 Å². The molecule has 2 saturated heterocycles. The molecule has 0 aromatic carbocycles. The van der Waals surface area contributed by atoms with E-state index in [2.05, 4.69) is 0 Å². The van der Waals surface area contributed by atoms with E-state index < -0.39 is 24.3 Å². The molecule has 0 saturated carbocycles. The Labute approximate surface area is 148 Å². The van der Waals surface area contributed by atoms with Crippen LogP contribution in [-0.4, -0.2) is 82.3 Å². The fourth-order valence-electron chi connectivity index (χ4n) is 3.36. The monoisotopic (exact) mass is 358 g/mol. The summed E-state index contributed by atoms with van der Waals surface area (Å²) in [6.07, 6.45) is -1.14. The number of piperidine rings is 1. The number of aliphatic hydroxyl groups excluding tert-OH is 1. The number of carbonyl (C=O) groups excluding carboxylic acids is 2. The zero-order chi connectivity index (χ0) is 18.6. The van der Waals surface area contributed by atoms with E-state index in [0.29, 0.717) is 25.9 Å². The summed E-state index contributed by atoms with van der Waals surface area (Å²) in [5.41, 5.74) is 0. The topological polar surface area (TPSA) is 99.5 Å². The van der Waals surface area contributed by atoms with E-state index in [-0.39, 0.29) is 31.3 Å². The fraction of sp³-hybridized carbons (Fsp3) is 0.882. The molecule has 8 nitrogen and oxygen atoms in total. The molecule has 4 atom stereocenters. The summed E-state index contributed by atoms with van der Waals surface area (Å²) in [5.74, 6) is -1.61. The van der Waals surface area contributed by atoms with E-state index in [1.165, 1.54) is 0 Å². The minimum absolute atomic E-state index is 0.0232. The lowest BCUT2D eigenvalue weighted by molar-refractivity contribution is -0.393. The summed E-state index contributed by atoms with van der Waals surface area (Å²) in [7, 11) is 0. The van der Waals surface area contributed by atoms with Crippen molar-refractivity contribution in [3.8, 4) is 0 Å². The second-order valence-corrected chi connectivity index (χ2v) is 6.65. The van der Waals surface area contributed by atoms with E-state index in [4.69, 9.17) is 9.47 Å². The van der Waals surface area contributed by atoms with Crippen molar-refractivity contribution in [2.45, 2.75) is 70.7 Å². The molecule has 0 radical (unpaired) electrons. The maximum Gasteiger partial charge on any atom is 0.222 e. The molecule has 0 spiro atoms. The van der Waals surface area contributed by atoms with Crippen molar-refractivity contribution >= 4 is 11.8 Å². The van der Waals surface area contributed by atoms with Crippen LogP contribution in [0.15, 0.2) is 0 Å². The maximum absolute atomic E-state index is 12.0. The van der Waals surface area contributed by atoms with Crippen molar-refractivity contribution in [1.82, 2.24) is 9.80 Å². The first-order valence-electron chi connectivity index (χ1n) is 9.13. The minimum Gasteiger partial charge on any atom is -0.366 e. The highest BCUT2D eigenvalue weighted by Crippen LogP contribution is 2.34. The van der Waals surface area contributed by atoms with Gasteiger partial charge in [-0.1, -0.05) is 20.8 Å². The van der Waals surface area contributed by atoms with Crippen LogP contribution in [0.25, 0.3) is 0 Å². The van der Waals surface area contributed by atoms with Crippen LogP contribution in [0.1, 0.15) is 46.5 Å². The van der Waals surface area contributed by atoms with Crippen molar-refractivity contribution < 1.29 is 29.3 Å². The average Bonchev–Trinajstić information content (AvgIpc) is 2.60. The van der Waals surface area contributed by atoms with Gasteiger partial charge in [0.15, 0.2) is 12.1 Å². The lowest BCUT2D eigenvalue weighted by Crippen LogP contribution is -2.66. The number of hydrogen-bond donors (Lipinski definition) is 2. The third-order valence-electron chi connectivity index (χ3n) is 4.81. The fourth-order valence-corrected chi connectivity index (χ4v) is 3.36. The second kappa shape index (κ2) is 8.44. The number of nitrogens with zero attached hydrogens (tertiary/aromatic N) is 2. The molecule has 2 heterocycles. The predicted molar refractivity (Wildman–Crippen MR) is 89.4 cm³/mol. The molecule has 0 aliphatic carbocycles. The quantitative estimate of drug-likeness (QED) is 0.697. The van der Waals surface area contributed by atoms with Gasteiger partial charge < -0.3 is 29.5 Å². The SMILES string of the molecule is CCCN(C[C@@H]1O[C@@]2(O)CCN(C(=O)CC)C[C@@H]2O[C@@H]1O)C(=O)CC. The van der Waals surface area contributed by atoms with E-state index >= 15 is 0 Å². The molecule has 2 aliphatic heterocycles. The van der Waals surface area contributed by atoms with Crippen molar-refractivity contribution in [3.05, 3.63) is 0 Å². The van der Waals surface area contributed by atoms with Crippen LogP contribution in [-0.2, 0) is 19.1 Å². The zero-order valence-electron chi connectivity index (χ0n) is 15.3. The number of amides is 2. The summed E-state index contributed by atoms with van der Waals surface area (Å²) < 4.78 is 11.3. The molecule has 2 fully saturated rings. The third-order valence-corrected chi connectivity index (χ3v) is 4.81. The molecular formula is C17H30N2O6. The Hall–Kier alpha value is -1.22. The van der Waals surface area contributed by atoms with Crippen molar-refractivity contribution in [1.29, 1.82) is 0 Å². The molecule has 25 heavy (non-hydrogen) atoms. The number of carbonyl (C=O) groups is 2. The average molecular weight is 358 g/mol. The largest absolute Gasteiger partial charge is 0.366 e. The van der Waals surface area contributed by atoms with E-state index in [0.717, 1.165) is 6.42 Å². The lowest BCUT2D eigenvalue weighted by atomic mass is 9.97.